The molecule has 1 heterocycles. The molecule has 14 heavy (non-hydrogen) atoms. The van der Waals surface area contributed by atoms with Crippen LogP contribution < -0.4 is 0 Å². The van der Waals surface area contributed by atoms with Gasteiger partial charge in [-0.15, -0.1) is 0 Å². The van der Waals surface area contributed by atoms with Crippen molar-refractivity contribution in [3.05, 3.63) is 35.9 Å². The zero-order valence-corrected chi connectivity index (χ0v) is 7.94. The monoisotopic (exact) mass is 195 g/mol. The largest absolute Gasteiger partial charge is 0.389 e. The van der Waals surface area contributed by atoms with Crippen LogP contribution in [0, 0.1) is 0 Å². The van der Waals surface area contributed by atoms with Gasteiger partial charge in [-0.2, -0.15) is 0 Å². The number of hydrogen-bond acceptors (Lipinski definition) is 2. The van der Waals surface area contributed by atoms with E-state index in [-0.39, 0.29) is 0 Å². The molecule has 1 fully saturated rings. The summed E-state index contributed by atoms with van der Waals surface area (Å²) in [5, 5.41) is 9.23. The van der Waals surface area contributed by atoms with Crippen molar-refractivity contribution in [3.8, 4) is 0 Å². The number of benzene rings is 1. The summed E-state index contributed by atoms with van der Waals surface area (Å²) < 4.78 is 13.0. The highest BCUT2D eigenvalue weighted by molar-refractivity contribution is 5.14. The molecule has 0 radical (unpaired) electrons. The zero-order valence-electron chi connectivity index (χ0n) is 7.94. The quantitative estimate of drug-likeness (QED) is 0.766. The first-order chi connectivity index (χ1) is 6.75. The summed E-state index contributed by atoms with van der Waals surface area (Å²) in [5.74, 6) is 0. The Balaban J connectivity index is 1.94. The van der Waals surface area contributed by atoms with Crippen LogP contribution in [0.2, 0.25) is 0 Å². The third-order valence-corrected chi connectivity index (χ3v) is 2.54. The van der Waals surface area contributed by atoms with Crippen molar-refractivity contribution in [2.24, 2.45) is 0 Å². The van der Waals surface area contributed by atoms with E-state index >= 15 is 0 Å². The molecule has 3 heteroatoms. The molecule has 1 aliphatic rings. The summed E-state index contributed by atoms with van der Waals surface area (Å²) in [4.78, 5) is 1.94. The van der Waals surface area contributed by atoms with Gasteiger partial charge in [-0.25, -0.2) is 4.39 Å². The van der Waals surface area contributed by atoms with E-state index in [1.165, 1.54) is 0 Å². The Morgan fingerprint density at radius 2 is 2.00 bits per heavy atom. The Morgan fingerprint density at radius 1 is 1.29 bits per heavy atom. The number of halogens is 1. The van der Waals surface area contributed by atoms with E-state index in [1.54, 1.807) is 0 Å². The molecule has 0 unspecified atom stereocenters. The maximum atomic E-state index is 13.0. The lowest BCUT2D eigenvalue weighted by molar-refractivity contribution is 0.115. The van der Waals surface area contributed by atoms with Gasteiger partial charge in [-0.3, -0.25) is 4.90 Å². The molecule has 0 aliphatic carbocycles. The topological polar surface area (TPSA) is 23.5 Å². The maximum absolute atomic E-state index is 13.0. The van der Waals surface area contributed by atoms with E-state index in [0.29, 0.717) is 13.1 Å². The van der Waals surface area contributed by atoms with Crippen LogP contribution >= 0.6 is 0 Å². The third-order valence-electron chi connectivity index (χ3n) is 2.54. The van der Waals surface area contributed by atoms with E-state index in [0.717, 1.165) is 12.1 Å². The second-order valence-electron chi connectivity index (χ2n) is 3.76. The predicted molar refractivity (Wildman–Crippen MR) is 52.6 cm³/mol. The van der Waals surface area contributed by atoms with Gasteiger partial charge in [-0.05, 0) is 5.56 Å². The number of aliphatic hydroxyl groups excluding tert-OH is 1. The van der Waals surface area contributed by atoms with Crippen molar-refractivity contribution < 1.29 is 9.50 Å². The summed E-state index contributed by atoms with van der Waals surface area (Å²) >= 11 is 0. The molecule has 0 aromatic heterocycles. The molecule has 2 atom stereocenters. The van der Waals surface area contributed by atoms with Crippen molar-refractivity contribution in [1.82, 2.24) is 4.90 Å². The predicted octanol–water partition coefficient (Wildman–Crippen LogP) is 1.20. The Hall–Kier alpha value is -0.930. The van der Waals surface area contributed by atoms with Crippen LogP contribution in [0.3, 0.4) is 0 Å². The van der Waals surface area contributed by atoms with Gasteiger partial charge in [0.25, 0.3) is 0 Å². The average Bonchev–Trinajstić information content (AvgIpc) is 2.47. The van der Waals surface area contributed by atoms with Crippen molar-refractivity contribution in [3.63, 3.8) is 0 Å². The Labute approximate surface area is 83.0 Å². The number of hydrogen-bond donors (Lipinski definition) is 1. The van der Waals surface area contributed by atoms with Crippen LogP contribution in [-0.2, 0) is 6.54 Å². The molecule has 1 aromatic rings. The van der Waals surface area contributed by atoms with Gasteiger partial charge in [0, 0.05) is 19.6 Å². The summed E-state index contributed by atoms with van der Waals surface area (Å²) in [6.45, 7) is 1.50. The van der Waals surface area contributed by atoms with Gasteiger partial charge in [0.2, 0.25) is 0 Å². The second kappa shape index (κ2) is 4.07. The smallest absolute Gasteiger partial charge is 0.140 e. The molecule has 1 aliphatic heterocycles. The number of likely N-dealkylation sites (tertiary alicyclic amines) is 1. The SMILES string of the molecule is O[C@H]1CN(Cc2ccccc2)C[C@H]1F. The van der Waals surface area contributed by atoms with E-state index in [1.807, 2.05) is 35.2 Å². The maximum Gasteiger partial charge on any atom is 0.140 e. The second-order valence-corrected chi connectivity index (χ2v) is 3.76. The fraction of sp³-hybridized carbons (Fsp3) is 0.455. The van der Waals surface area contributed by atoms with E-state index in [9.17, 15) is 9.50 Å². The van der Waals surface area contributed by atoms with Crippen LogP contribution in [-0.4, -0.2) is 35.4 Å². The molecular formula is C11H14FNO. The van der Waals surface area contributed by atoms with E-state index in [2.05, 4.69) is 0 Å². The fourth-order valence-corrected chi connectivity index (χ4v) is 1.79. The third kappa shape index (κ3) is 2.11. The van der Waals surface area contributed by atoms with Crippen molar-refractivity contribution in [2.45, 2.75) is 18.8 Å². The molecule has 2 nitrogen and oxygen atoms in total. The van der Waals surface area contributed by atoms with Gasteiger partial charge in [0.1, 0.15) is 6.17 Å². The molecule has 1 saturated heterocycles. The number of aliphatic hydroxyl groups is 1. The molecule has 0 amide bonds. The minimum atomic E-state index is -1.08. The van der Waals surface area contributed by atoms with E-state index < -0.39 is 12.3 Å². The first-order valence-corrected chi connectivity index (χ1v) is 4.84. The molecule has 0 bridgehead atoms. The van der Waals surface area contributed by atoms with Gasteiger partial charge in [0.15, 0.2) is 0 Å². The Morgan fingerprint density at radius 3 is 2.57 bits per heavy atom. The highest BCUT2D eigenvalue weighted by Gasteiger charge is 2.30. The zero-order chi connectivity index (χ0) is 9.97. The number of rotatable bonds is 2. The summed E-state index contributed by atoms with van der Waals surface area (Å²) in [7, 11) is 0. The number of nitrogens with zero attached hydrogens (tertiary/aromatic N) is 1. The number of β-amino-alcohol motifs (C(OH)–C–C–N with tert-alkyl or cyclic N) is 1. The molecule has 0 saturated carbocycles. The van der Waals surface area contributed by atoms with Gasteiger partial charge in [0.05, 0.1) is 6.10 Å². The fourth-order valence-electron chi connectivity index (χ4n) is 1.79. The lowest BCUT2D eigenvalue weighted by atomic mass is 10.2. The van der Waals surface area contributed by atoms with Crippen molar-refractivity contribution >= 4 is 0 Å². The average molecular weight is 195 g/mol. The van der Waals surface area contributed by atoms with Crippen LogP contribution in [0.4, 0.5) is 4.39 Å². The lowest BCUT2D eigenvalue weighted by Gasteiger charge is -2.13. The minimum Gasteiger partial charge on any atom is -0.389 e. The summed E-state index contributed by atoms with van der Waals surface area (Å²) in [6, 6.07) is 9.92. The lowest BCUT2D eigenvalue weighted by Crippen LogP contribution is -2.21. The highest BCUT2D eigenvalue weighted by Crippen LogP contribution is 2.15. The Kier molecular flexibility index (Phi) is 2.79. The summed E-state index contributed by atoms with van der Waals surface area (Å²) in [6.07, 6.45) is -1.89. The Bertz CT molecular complexity index is 281. The first-order valence-electron chi connectivity index (χ1n) is 4.84. The molecule has 0 spiro atoms. The highest BCUT2D eigenvalue weighted by atomic mass is 19.1. The first kappa shape index (κ1) is 9.62. The van der Waals surface area contributed by atoms with Crippen LogP contribution in [0.5, 0.6) is 0 Å². The standard InChI is InChI=1S/C11H14FNO/c12-10-7-13(8-11(10)14)6-9-4-2-1-3-5-9/h1-5,10-11,14H,6-8H2/t10-,11+/m1/s1. The van der Waals surface area contributed by atoms with Gasteiger partial charge in [-0.1, -0.05) is 30.3 Å². The van der Waals surface area contributed by atoms with Crippen molar-refractivity contribution in [2.75, 3.05) is 13.1 Å². The van der Waals surface area contributed by atoms with Gasteiger partial charge < -0.3 is 5.11 Å². The molecule has 2 rings (SSSR count). The van der Waals surface area contributed by atoms with Crippen LogP contribution in [0.15, 0.2) is 30.3 Å². The molecule has 76 valence electrons. The normalized spacial score (nSPS) is 28.1. The van der Waals surface area contributed by atoms with Crippen LogP contribution in [0.1, 0.15) is 5.56 Å². The minimum absolute atomic E-state index is 0.343. The van der Waals surface area contributed by atoms with Crippen LogP contribution in [0.25, 0.3) is 0 Å². The van der Waals surface area contributed by atoms with Gasteiger partial charge >= 0.3 is 0 Å². The molecule has 1 aromatic carbocycles. The molecule has 1 N–H and O–H groups in total. The summed E-state index contributed by atoms with van der Waals surface area (Å²) in [5.41, 5.74) is 1.16. The van der Waals surface area contributed by atoms with Crippen molar-refractivity contribution in [1.29, 1.82) is 0 Å². The molecular weight excluding hydrogens is 181 g/mol. The van der Waals surface area contributed by atoms with E-state index in [4.69, 9.17) is 0 Å². The number of alkyl halides is 1.